The van der Waals surface area contributed by atoms with E-state index >= 15 is 0 Å². The highest BCUT2D eigenvalue weighted by molar-refractivity contribution is 7.13. The quantitative estimate of drug-likeness (QED) is 0.344. The van der Waals surface area contributed by atoms with Gasteiger partial charge in [0.15, 0.2) is 5.69 Å². The molecule has 1 aliphatic heterocycles. The zero-order valence-electron chi connectivity index (χ0n) is 18.3. The van der Waals surface area contributed by atoms with Crippen molar-refractivity contribution in [3.8, 4) is 10.6 Å². The van der Waals surface area contributed by atoms with E-state index in [1.165, 1.54) is 22.5 Å². The average Bonchev–Trinajstić information content (AvgIpc) is 3.41. The second-order valence-electron chi connectivity index (χ2n) is 8.16. The van der Waals surface area contributed by atoms with Crippen LogP contribution in [-0.4, -0.2) is 41.0 Å². The molecule has 0 bridgehead atoms. The molecule has 0 spiro atoms. The van der Waals surface area contributed by atoms with E-state index in [2.05, 4.69) is 39.1 Å². The Morgan fingerprint density at radius 3 is 1.91 bits per heavy atom. The van der Waals surface area contributed by atoms with E-state index in [-0.39, 0.29) is 12.0 Å². The number of thiophene rings is 1. The van der Waals surface area contributed by atoms with Crippen LogP contribution in [0.2, 0.25) is 0 Å². The van der Waals surface area contributed by atoms with Crippen molar-refractivity contribution in [2.45, 2.75) is 12.2 Å². The number of rotatable bonds is 5. The number of aromatic nitrogens is 2. The smallest absolute Gasteiger partial charge is 0.338 e. The van der Waals surface area contributed by atoms with Gasteiger partial charge in [-0.1, -0.05) is 66.7 Å². The Morgan fingerprint density at radius 2 is 1.38 bits per heavy atom. The SMILES string of the molecule is FC(F)(F)c1cc(-c2cccs2)nc(N2CCN(C(c3ccccc3)c3ccccc3)CC2)n1. The number of hydrogen-bond acceptors (Lipinski definition) is 5. The van der Waals surface area contributed by atoms with E-state index in [0.717, 1.165) is 6.07 Å². The van der Waals surface area contributed by atoms with Crippen molar-refractivity contribution >= 4 is 17.3 Å². The lowest BCUT2D eigenvalue weighted by atomic mass is 9.96. The summed E-state index contributed by atoms with van der Waals surface area (Å²) in [6.07, 6.45) is -4.53. The summed E-state index contributed by atoms with van der Waals surface area (Å²) >= 11 is 1.37. The Balaban J connectivity index is 1.41. The topological polar surface area (TPSA) is 32.3 Å². The molecule has 4 nitrogen and oxygen atoms in total. The fourth-order valence-electron chi connectivity index (χ4n) is 4.34. The monoisotopic (exact) mass is 480 g/mol. The number of halogens is 3. The largest absolute Gasteiger partial charge is 0.433 e. The summed E-state index contributed by atoms with van der Waals surface area (Å²) in [5.41, 5.74) is 1.78. The van der Waals surface area contributed by atoms with Crippen molar-refractivity contribution in [1.29, 1.82) is 0 Å². The highest BCUT2D eigenvalue weighted by Crippen LogP contribution is 2.34. The van der Waals surface area contributed by atoms with Gasteiger partial charge in [-0.25, -0.2) is 9.97 Å². The maximum Gasteiger partial charge on any atom is 0.433 e. The summed E-state index contributed by atoms with van der Waals surface area (Å²) < 4.78 is 40.8. The van der Waals surface area contributed by atoms with Crippen LogP contribution in [-0.2, 0) is 6.18 Å². The van der Waals surface area contributed by atoms with Gasteiger partial charge in [-0.2, -0.15) is 13.2 Å². The number of anilines is 1. The van der Waals surface area contributed by atoms with Crippen molar-refractivity contribution in [3.05, 3.63) is 101 Å². The minimum Gasteiger partial charge on any atom is -0.338 e. The number of nitrogens with zero attached hydrogens (tertiary/aromatic N) is 4. The predicted octanol–water partition coefficient (Wildman–Crippen LogP) is 6.14. The summed E-state index contributed by atoms with van der Waals surface area (Å²) in [5, 5.41) is 1.83. The first-order valence-electron chi connectivity index (χ1n) is 11.1. The molecule has 1 fully saturated rings. The Hall–Kier alpha value is -3.23. The van der Waals surface area contributed by atoms with Gasteiger partial charge >= 0.3 is 6.18 Å². The fraction of sp³-hybridized carbons (Fsp3) is 0.231. The number of hydrogen-bond donors (Lipinski definition) is 0. The van der Waals surface area contributed by atoms with Crippen LogP contribution in [0.15, 0.2) is 84.2 Å². The maximum absolute atomic E-state index is 13.6. The Morgan fingerprint density at radius 1 is 0.765 bits per heavy atom. The average molecular weight is 481 g/mol. The number of benzene rings is 2. The van der Waals surface area contributed by atoms with E-state index in [0.29, 0.717) is 36.8 Å². The first-order chi connectivity index (χ1) is 16.5. The molecule has 34 heavy (non-hydrogen) atoms. The Bertz CT molecular complexity index is 1170. The molecular weight excluding hydrogens is 457 g/mol. The Kier molecular flexibility index (Phi) is 6.34. The van der Waals surface area contributed by atoms with Gasteiger partial charge in [0.25, 0.3) is 0 Å². The molecule has 2 aromatic carbocycles. The standard InChI is InChI=1S/C26H23F3N4S/c27-26(28,29)23-18-21(22-12-7-17-34-22)30-25(31-23)33-15-13-32(14-16-33)24(19-8-3-1-4-9-19)20-10-5-2-6-11-20/h1-12,17-18,24H,13-16H2. The van der Waals surface area contributed by atoms with Gasteiger partial charge in [-0.15, -0.1) is 11.3 Å². The van der Waals surface area contributed by atoms with Crippen LogP contribution >= 0.6 is 11.3 Å². The summed E-state index contributed by atoms with van der Waals surface area (Å²) in [7, 11) is 0. The molecule has 1 aliphatic rings. The first-order valence-corrected chi connectivity index (χ1v) is 12.0. The minimum atomic E-state index is -4.53. The molecule has 0 amide bonds. The molecule has 5 rings (SSSR count). The third-order valence-electron chi connectivity index (χ3n) is 5.97. The van der Waals surface area contributed by atoms with Crippen LogP contribution in [0, 0.1) is 0 Å². The minimum absolute atomic E-state index is 0.0775. The van der Waals surface area contributed by atoms with Gasteiger partial charge in [-0.05, 0) is 28.6 Å². The molecule has 0 aliphatic carbocycles. The lowest BCUT2D eigenvalue weighted by Crippen LogP contribution is -2.48. The summed E-state index contributed by atoms with van der Waals surface area (Å²) in [5.74, 6) is 0.133. The molecule has 0 unspecified atom stereocenters. The van der Waals surface area contributed by atoms with Gasteiger partial charge in [0.2, 0.25) is 5.95 Å². The van der Waals surface area contributed by atoms with Crippen LogP contribution in [0.25, 0.3) is 10.6 Å². The van der Waals surface area contributed by atoms with E-state index in [1.807, 2.05) is 46.7 Å². The van der Waals surface area contributed by atoms with Gasteiger partial charge in [0.1, 0.15) is 0 Å². The van der Waals surface area contributed by atoms with Crippen LogP contribution < -0.4 is 4.90 Å². The number of piperazine rings is 1. The third kappa shape index (κ3) is 4.83. The first kappa shape index (κ1) is 22.6. The molecule has 2 aromatic heterocycles. The van der Waals surface area contributed by atoms with Crippen molar-refractivity contribution in [1.82, 2.24) is 14.9 Å². The van der Waals surface area contributed by atoms with Crippen molar-refractivity contribution in [2.24, 2.45) is 0 Å². The van der Waals surface area contributed by atoms with E-state index < -0.39 is 11.9 Å². The molecule has 174 valence electrons. The highest BCUT2D eigenvalue weighted by atomic mass is 32.1. The molecule has 0 atom stereocenters. The second kappa shape index (κ2) is 9.56. The van der Waals surface area contributed by atoms with Crippen LogP contribution in [0.3, 0.4) is 0 Å². The molecule has 1 saturated heterocycles. The fourth-order valence-corrected chi connectivity index (χ4v) is 5.02. The van der Waals surface area contributed by atoms with Crippen molar-refractivity contribution in [3.63, 3.8) is 0 Å². The Labute approximate surface area is 200 Å². The predicted molar refractivity (Wildman–Crippen MR) is 129 cm³/mol. The van der Waals surface area contributed by atoms with Gasteiger partial charge in [-0.3, -0.25) is 4.90 Å². The van der Waals surface area contributed by atoms with E-state index in [1.54, 1.807) is 12.1 Å². The van der Waals surface area contributed by atoms with Crippen LogP contribution in [0.4, 0.5) is 19.1 Å². The van der Waals surface area contributed by atoms with Crippen molar-refractivity contribution < 1.29 is 13.2 Å². The molecular formula is C26H23F3N4S. The molecule has 0 saturated carbocycles. The van der Waals surface area contributed by atoms with Crippen LogP contribution in [0.1, 0.15) is 22.9 Å². The normalized spacial score (nSPS) is 15.1. The lowest BCUT2D eigenvalue weighted by molar-refractivity contribution is -0.141. The number of alkyl halides is 3. The summed E-state index contributed by atoms with van der Waals surface area (Å²) in [4.78, 5) is 13.3. The zero-order chi connectivity index (χ0) is 23.5. The molecule has 3 heterocycles. The molecule has 0 radical (unpaired) electrons. The van der Waals surface area contributed by atoms with Gasteiger partial charge < -0.3 is 4.90 Å². The van der Waals surface area contributed by atoms with E-state index in [4.69, 9.17) is 0 Å². The lowest BCUT2D eigenvalue weighted by Gasteiger charge is -2.40. The molecule has 8 heteroatoms. The molecule has 4 aromatic rings. The van der Waals surface area contributed by atoms with Gasteiger partial charge in [0.05, 0.1) is 16.6 Å². The summed E-state index contributed by atoms with van der Waals surface area (Å²) in [6.45, 7) is 2.45. The zero-order valence-corrected chi connectivity index (χ0v) is 19.1. The molecule has 0 N–H and O–H groups in total. The third-order valence-corrected chi connectivity index (χ3v) is 6.86. The summed E-state index contributed by atoms with van der Waals surface area (Å²) in [6, 6.07) is 25.3. The van der Waals surface area contributed by atoms with Crippen molar-refractivity contribution in [2.75, 3.05) is 31.1 Å². The van der Waals surface area contributed by atoms with E-state index in [9.17, 15) is 13.2 Å². The van der Waals surface area contributed by atoms with Gasteiger partial charge in [0, 0.05) is 26.2 Å². The second-order valence-corrected chi connectivity index (χ2v) is 9.11. The highest BCUT2D eigenvalue weighted by Gasteiger charge is 2.35. The maximum atomic E-state index is 13.6. The van der Waals surface area contributed by atoms with Crippen LogP contribution in [0.5, 0.6) is 0 Å².